The van der Waals surface area contributed by atoms with Crippen molar-refractivity contribution >= 4 is 71.5 Å². The Bertz CT molecular complexity index is 2130. The van der Waals surface area contributed by atoms with E-state index in [-0.39, 0.29) is 41.9 Å². The van der Waals surface area contributed by atoms with Gasteiger partial charge in [-0.05, 0) is 48.5 Å². The average molecular weight is 1060 g/mol. The largest absolute Gasteiger partial charge is 0.472 e. The van der Waals surface area contributed by atoms with Gasteiger partial charge in [-0.25, -0.2) is 22.9 Å². The molecule has 3 rings (SSSR count). The molecule has 0 saturated heterocycles. The van der Waals surface area contributed by atoms with E-state index in [9.17, 15) is 87.2 Å². The molecule has 1 aromatic heterocycles. The number of phosphoric ester groups is 4. The monoisotopic (exact) mass is 1060 g/mol. The number of aromatic nitrogens is 2. The molecule has 35 heteroatoms. The second-order valence-corrected chi connectivity index (χ2v) is 20.0. The number of unbranched alkanes of at least 4 members (excludes halogenated alkanes) is 6. The van der Waals surface area contributed by atoms with Gasteiger partial charge in [0, 0.05) is 38.4 Å². The van der Waals surface area contributed by atoms with Crippen molar-refractivity contribution in [3.8, 4) is 0 Å². The van der Waals surface area contributed by atoms with Gasteiger partial charge < -0.3 is 64.6 Å². The molecule has 8 atom stereocenters. The molecule has 1 aliphatic carbocycles. The molecule has 11 N–H and O–H groups in total. The molecule has 1 heterocycles. The molecular weight excluding hydrogens is 1010 g/mol. The van der Waals surface area contributed by atoms with E-state index in [0.717, 1.165) is 6.42 Å². The van der Waals surface area contributed by atoms with Crippen LogP contribution in [0.2, 0.25) is 0 Å². The van der Waals surface area contributed by atoms with E-state index in [1.54, 1.807) is 0 Å². The number of nitro groups is 1. The number of benzene rings is 1. The standard InChI is InChI=1S/C33H55N5O26P4/c1-2-3-6-13-25(41)59-20(19-58-68(55,56)63-30-28(42)31(60-65(46,47)48)33(62-67(52,53)54)32(29(30)43)61-66(49,50)51)18-57-24(40)12-8-5-10-17-35-23(39)11-7-4-9-16-34-21-14-15-22(38(44)45)27-26(21)36-64-37-27/h14-15,20,28-34,42-43H,2-13,16-19H2,1H3,(H,35,39)(H,55,56)(H2,46,47,48)(H2,49,50,51)(H2,52,53,54)/t20-,28+,29+,30?,31-,32+,33?/m1/s1. The lowest BCUT2D eigenvalue weighted by Crippen LogP contribution is -2.65. The molecule has 68 heavy (non-hydrogen) atoms. The molecule has 388 valence electrons. The van der Waals surface area contributed by atoms with Gasteiger partial charge in [0.1, 0.15) is 43.2 Å². The third kappa shape index (κ3) is 21.3. The zero-order chi connectivity index (χ0) is 50.9. The number of anilines is 1. The number of rotatable bonds is 32. The number of nitro benzene ring substituents is 1. The third-order valence-electron chi connectivity index (χ3n) is 9.53. The summed E-state index contributed by atoms with van der Waals surface area (Å²) < 4.78 is 85.7. The quantitative estimate of drug-likeness (QED) is 0.0162. The maximum atomic E-state index is 13.1. The van der Waals surface area contributed by atoms with E-state index in [1.165, 1.54) is 12.1 Å². The van der Waals surface area contributed by atoms with Gasteiger partial charge in [0.15, 0.2) is 11.6 Å². The van der Waals surface area contributed by atoms with Crippen LogP contribution in [0, 0.1) is 10.1 Å². The van der Waals surface area contributed by atoms with Crippen LogP contribution in [0.3, 0.4) is 0 Å². The van der Waals surface area contributed by atoms with Crippen molar-refractivity contribution in [2.45, 2.75) is 127 Å². The highest BCUT2D eigenvalue weighted by molar-refractivity contribution is 7.47. The smallest absolute Gasteiger partial charge is 0.462 e. The molecule has 0 aliphatic heterocycles. The molecule has 0 bridgehead atoms. The highest BCUT2D eigenvalue weighted by atomic mass is 31.2. The van der Waals surface area contributed by atoms with Crippen molar-refractivity contribution in [2.75, 3.05) is 31.6 Å². The maximum Gasteiger partial charge on any atom is 0.472 e. The predicted octanol–water partition coefficient (Wildman–Crippen LogP) is 1.49. The van der Waals surface area contributed by atoms with Crippen LogP contribution < -0.4 is 10.6 Å². The van der Waals surface area contributed by atoms with E-state index in [2.05, 4.69) is 39.1 Å². The Balaban J connectivity index is 1.47. The number of non-ortho nitro benzene ring substituents is 1. The third-order valence-corrected chi connectivity index (χ3v) is 12.1. The number of fused-ring (bicyclic) bond motifs is 1. The number of aliphatic hydroxyl groups is 2. The lowest BCUT2D eigenvalue weighted by atomic mass is 9.85. The lowest BCUT2D eigenvalue weighted by Gasteiger charge is -2.45. The topological polar surface area (TPSA) is 472 Å². The number of hydrogen-bond acceptors (Lipinski definition) is 22. The number of aliphatic hydroxyl groups excluding tert-OH is 2. The Morgan fingerprint density at radius 1 is 0.706 bits per heavy atom. The number of esters is 2. The van der Waals surface area contributed by atoms with Crippen molar-refractivity contribution in [2.24, 2.45) is 0 Å². The van der Waals surface area contributed by atoms with Crippen LogP contribution in [0.25, 0.3) is 11.0 Å². The minimum absolute atomic E-state index is 0.0259. The summed E-state index contributed by atoms with van der Waals surface area (Å²) in [6.07, 6.45) is -13.3. The van der Waals surface area contributed by atoms with Crippen molar-refractivity contribution in [1.29, 1.82) is 0 Å². The molecule has 1 aliphatic rings. The summed E-state index contributed by atoms with van der Waals surface area (Å²) in [5, 5.41) is 46.0. The Kier molecular flexibility index (Phi) is 23.6. The van der Waals surface area contributed by atoms with Crippen molar-refractivity contribution in [3.05, 3.63) is 22.2 Å². The first-order chi connectivity index (χ1) is 31.7. The van der Waals surface area contributed by atoms with Gasteiger partial charge >= 0.3 is 48.9 Å². The van der Waals surface area contributed by atoms with E-state index >= 15 is 0 Å². The maximum absolute atomic E-state index is 13.1. The Morgan fingerprint density at radius 3 is 1.84 bits per heavy atom. The highest BCUT2D eigenvalue weighted by Crippen LogP contribution is 2.53. The number of ether oxygens (including phenoxy) is 2. The van der Waals surface area contributed by atoms with Gasteiger partial charge in [0.05, 0.1) is 17.2 Å². The SMILES string of the molecule is CCCCCC(=O)O[C@H](COC(=O)CCCCCNC(=O)CCCCCNc1ccc([N+](=O)[O-])c2nonc12)COP(=O)(O)OC1[C@H](O)[C@H](OP(=O)(O)O)C(OP(=O)(O)O)[C@H](OP(=O)(O)O)[C@H]1O. The number of carbonyl (C=O) groups excluding carboxylic acids is 3. The minimum atomic E-state index is -5.81. The fourth-order valence-corrected chi connectivity index (χ4v) is 9.11. The molecule has 1 saturated carbocycles. The van der Waals surface area contributed by atoms with Gasteiger partial charge in [0.25, 0.3) is 0 Å². The lowest BCUT2D eigenvalue weighted by molar-refractivity contribution is -0.383. The first kappa shape index (κ1) is 58.9. The molecule has 0 radical (unpaired) electrons. The summed E-state index contributed by atoms with van der Waals surface area (Å²) in [5.74, 6) is -1.81. The number of hydrogen-bond donors (Lipinski definition) is 11. The molecule has 1 fully saturated rings. The van der Waals surface area contributed by atoms with Crippen LogP contribution >= 0.6 is 31.3 Å². The summed E-state index contributed by atoms with van der Waals surface area (Å²) in [4.78, 5) is 115. The van der Waals surface area contributed by atoms with Gasteiger partial charge in [-0.3, -0.25) is 47.1 Å². The van der Waals surface area contributed by atoms with E-state index in [0.29, 0.717) is 70.1 Å². The zero-order valence-electron chi connectivity index (χ0n) is 36.1. The number of nitrogens with zero attached hydrogens (tertiary/aromatic N) is 3. The number of nitrogens with one attached hydrogen (secondary N) is 2. The molecular formula is C33H55N5O26P4. The van der Waals surface area contributed by atoms with Crippen LogP contribution in [-0.2, 0) is 64.7 Å². The first-order valence-corrected chi connectivity index (χ1v) is 26.8. The van der Waals surface area contributed by atoms with Gasteiger partial charge in [0.2, 0.25) is 11.4 Å². The highest BCUT2D eigenvalue weighted by Gasteiger charge is 2.59. The van der Waals surface area contributed by atoms with E-state index in [4.69, 9.17) is 18.5 Å². The second-order valence-electron chi connectivity index (χ2n) is 15.0. The minimum Gasteiger partial charge on any atom is -0.462 e. The van der Waals surface area contributed by atoms with Crippen LogP contribution in [0.4, 0.5) is 11.4 Å². The summed E-state index contributed by atoms with van der Waals surface area (Å²) in [6, 6.07) is 2.81. The van der Waals surface area contributed by atoms with Crippen molar-refractivity contribution < 1.29 is 119 Å². The van der Waals surface area contributed by atoms with Gasteiger partial charge in [-0.2, -0.15) is 0 Å². The number of amides is 1. The molecule has 3 unspecified atom stereocenters. The number of carbonyl (C=O) groups is 3. The molecule has 2 aromatic rings. The van der Waals surface area contributed by atoms with Crippen LogP contribution in [0.15, 0.2) is 16.8 Å². The fraction of sp³-hybridized carbons (Fsp3) is 0.727. The van der Waals surface area contributed by atoms with E-state index < -0.39 is 104 Å². The normalized spacial score (nSPS) is 21.4. The van der Waals surface area contributed by atoms with Crippen LogP contribution in [-0.4, -0.2) is 147 Å². The number of phosphoric acid groups is 4. The molecule has 31 nitrogen and oxygen atoms in total. The van der Waals surface area contributed by atoms with Crippen molar-refractivity contribution in [1.82, 2.24) is 15.6 Å². The van der Waals surface area contributed by atoms with Crippen LogP contribution in [0.1, 0.15) is 84.0 Å². The average Bonchev–Trinajstić information content (AvgIpc) is 3.72. The Morgan fingerprint density at radius 2 is 1.25 bits per heavy atom. The first-order valence-electron chi connectivity index (χ1n) is 20.7. The Hall–Kier alpha value is -3.41. The molecule has 1 amide bonds. The summed E-state index contributed by atoms with van der Waals surface area (Å²) in [5.41, 5.74) is 0.543. The summed E-state index contributed by atoms with van der Waals surface area (Å²) >= 11 is 0. The predicted molar refractivity (Wildman–Crippen MR) is 225 cm³/mol. The molecule has 0 spiro atoms. The fourth-order valence-electron chi connectivity index (χ4n) is 6.46. The van der Waals surface area contributed by atoms with E-state index in [1.807, 2.05) is 6.92 Å². The Labute approximate surface area is 385 Å². The van der Waals surface area contributed by atoms with Crippen LogP contribution in [0.5, 0.6) is 0 Å². The van der Waals surface area contributed by atoms with Gasteiger partial charge in [-0.1, -0.05) is 32.6 Å². The second kappa shape index (κ2) is 27.3. The van der Waals surface area contributed by atoms with Crippen molar-refractivity contribution in [3.63, 3.8) is 0 Å². The van der Waals surface area contributed by atoms with Gasteiger partial charge in [-0.15, -0.1) is 0 Å². The summed E-state index contributed by atoms with van der Waals surface area (Å²) in [7, 11) is -23.1. The molecule has 1 aromatic carbocycles. The summed E-state index contributed by atoms with van der Waals surface area (Å²) in [6.45, 7) is 0.853. The zero-order valence-corrected chi connectivity index (χ0v) is 39.7.